The lowest BCUT2D eigenvalue weighted by molar-refractivity contribution is 0.0523. The molecule has 0 aliphatic heterocycles. The number of benzene rings is 1. The van der Waals surface area contributed by atoms with Crippen LogP contribution in [0.2, 0.25) is 19.6 Å². The van der Waals surface area contributed by atoms with E-state index in [4.69, 9.17) is 9.16 Å². The van der Waals surface area contributed by atoms with E-state index in [2.05, 4.69) is 25.0 Å². The summed E-state index contributed by atoms with van der Waals surface area (Å²) >= 11 is 0. The minimum Gasteiger partial charge on any atom is -0.544 e. The maximum Gasteiger partial charge on any atom is 0.407 e. The number of hydrogen-bond acceptors (Lipinski definition) is 3. The molecule has 4 nitrogen and oxygen atoms in total. The zero-order valence-electron chi connectivity index (χ0n) is 13.2. The van der Waals surface area contributed by atoms with Crippen molar-refractivity contribution in [3.8, 4) is 5.75 Å². The van der Waals surface area contributed by atoms with E-state index in [1.165, 1.54) is 0 Å². The van der Waals surface area contributed by atoms with Crippen LogP contribution in [-0.2, 0) is 11.3 Å². The Hall–Kier alpha value is -1.49. The summed E-state index contributed by atoms with van der Waals surface area (Å²) in [5.74, 6) is 0.854. The third-order valence-corrected chi connectivity index (χ3v) is 3.01. The molecule has 0 atom stereocenters. The normalized spacial score (nSPS) is 11.9. The highest BCUT2D eigenvalue weighted by Crippen LogP contribution is 2.17. The molecule has 0 radical (unpaired) electrons. The minimum absolute atomic E-state index is 0.408. The predicted molar refractivity (Wildman–Crippen MR) is 83.5 cm³/mol. The first-order valence-electron chi connectivity index (χ1n) is 6.80. The van der Waals surface area contributed by atoms with Gasteiger partial charge in [0, 0.05) is 6.54 Å². The Labute approximate surface area is 122 Å². The van der Waals surface area contributed by atoms with Crippen LogP contribution in [0.1, 0.15) is 26.3 Å². The second-order valence-electron chi connectivity index (χ2n) is 6.72. The smallest absolute Gasteiger partial charge is 0.407 e. The quantitative estimate of drug-likeness (QED) is 0.856. The molecule has 112 valence electrons. The monoisotopic (exact) mass is 295 g/mol. The van der Waals surface area contributed by atoms with Gasteiger partial charge in [0.2, 0.25) is 8.32 Å². The van der Waals surface area contributed by atoms with Crippen molar-refractivity contribution in [2.24, 2.45) is 0 Å². The molecule has 0 fully saturated rings. The predicted octanol–water partition coefficient (Wildman–Crippen LogP) is 3.93. The summed E-state index contributed by atoms with van der Waals surface area (Å²) in [6.45, 7) is 12.4. The van der Waals surface area contributed by atoms with Gasteiger partial charge in [-0.15, -0.1) is 0 Å². The topological polar surface area (TPSA) is 47.6 Å². The molecule has 0 aliphatic carbocycles. The molecule has 0 unspecified atom stereocenters. The second kappa shape index (κ2) is 6.30. The van der Waals surface area contributed by atoms with Gasteiger partial charge in [0.1, 0.15) is 11.4 Å². The molecule has 0 saturated heterocycles. The number of hydrogen-bond donors (Lipinski definition) is 1. The summed E-state index contributed by atoms with van der Waals surface area (Å²) in [4.78, 5) is 11.6. The van der Waals surface area contributed by atoms with Gasteiger partial charge in [-0.1, -0.05) is 12.1 Å². The molecule has 0 saturated carbocycles. The fourth-order valence-electron chi connectivity index (χ4n) is 1.56. The van der Waals surface area contributed by atoms with Gasteiger partial charge >= 0.3 is 6.09 Å². The van der Waals surface area contributed by atoms with Gasteiger partial charge in [-0.05, 0) is 58.1 Å². The van der Waals surface area contributed by atoms with Crippen molar-refractivity contribution in [1.29, 1.82) is 0 Å². The molecule has 0 bridgehead atoms. The Morgan fingerprint density at radius 1 is 1.25 bits per heavy atom. The molecular weight excluding hydrogens is 270 g/mol. The molecule has 1 N–H and O–H groups in total. The molecule has 0 aliphatic rings. The van der Waals surface area contributed by atoms with E-state index in [0.717, 1.165) is 11.3 Å². The van der Waals surface area contributed by atoms with E-state index in [-0.39, 0.29) is 0 Å². The molecule has 1 aromatic rings. The average molecular weight is 295 g/mol. The van der Waals surface area contributed by atoms with Crippen LogP contribution in [0.3, 0.4) is 0 Å². The molecule has 0 spiro atoms. The van der Waals surface area contributed by atoms with E-state index in [1.54, 1.807) is 0 Å². The van der Waals surface area contributed by atoms with Crippen molar-refractivity contribution in [2.75, 3.05) is 0 Å². The Morgan fingerprint density at radius 3 is 2.45 bits per heavy atom. The first kappa shape index (κ1) is 16.6. The molecule has 5 heteroatoms. The lowest BCUT2D eigenvalue weighted by Crippen LogP contribution is -2.32. The van der Waals surface area contributed by atoms with Crippen LogP contribution >= 0.6 is 0 Å². The fourth-order valence-corrected chi connectivity index (χ4v) is 2.39. The number of amides is 1. The molecule has 0 heterocycles. The van der Waals surface area contributed by atoms with Crippen molar-refractivity contribution < 1.29 is 14.0 Å². The van der Waals surface area contributed by atoms with Crippen molar-refractivity contribution in [3.05, 3.63) is 29.8 Å². The standard InChI is InChI=1S/C15H25NO3Si/c1-15(2,3)18-14(17)16-11-12-8-7-9-13(10-12)19-20(4,5)6/h7-10H,11H2,1-6H3,(H,16,17). The maximum absolute atomic E-state index is 11.6. The van der Waals surface area contributed by atoms with Crippen molar-refractivity contribution in [1.82, 2.24) is 5.32 Å². The molecular formula is C15H25NO3Si. The number of ether oxygens (including phenoxy) is 1. The van der Waals surface area contributed by atoms with Crippen LogP contribution in [0.15, 0.2) is 24.3 Å². The lowest BCUT2D eigenvalue weighted by Gasteiger charge is -2.21. The lowest BCUT2D eigenvalue weighted by atomic mass is 10.2. The van der Waals surface area contributed by atoms with E-state index in [0.29, 0.717) is 6.54 Å². The van der Waals surface area contributed by atoms with Gasteiger partial charge in [0.05, 0.1) is 0 Å². The number of alkyl carbamates (subject to hydrolysis) is 1. The van der Waals surface area contributed by atoms with E-state index >= 15 is 0 Å². The number of nitrogens with one attached hydrogen (secondary N) is 1. The maximum atomic E-state index is 11.6. The number of rotatable bonds is 4. The van der Waals surface area contributed by atoms with Crippen LogP contribution in [-0.4, -0.2) is 20.0 Å². The number of carbonyl (C=O) groups is 1. The van der Waals surface area contributed by atoms with Crippen LogP contribution in [0.25, 0.3) is 0 Å². The Kier molecular flexibility index (Phi) is 5.22. The summed E-state index contributed by atoms with van der Waals surface area (Å²) in [5.41, 5.74) is 0.513. The van der Waals surface area contributed by atoms with Gasteiger partial charge in [0.15, 0.2) is 0 Å². The SMILES string of the molecule is CC(C)(C)OC(=O)NCc1cccc(O[Si](C)(C)C)c1. The second-order valence-corrected chi connectivity index (χ2v) is 11.1. The van der Waals surface area contributed by atoms with Gasteiger partial charge in [-0.3, -0.25) is 0 Å². The third kappa shape index (κ3) is 7.18. The molecule has 1 rings (SSSR count). The highest BCUT2D eigenvalue weighted by Gasteiger charge is 2.17. The zero-order chi connectivity index (χ0) is 15.4. The third-order valence-electron chi connectivity index (χ3n) is 2.16. The van der Waals surface area contributed by atoms with Gasteiger partial charge in [0.25, 0.3) is 0 Å². The largest absolute Gasteiger partial charge is 0.544 e. The molecule has 1 aromatic carbocycles. The van der Waals surface area contributed by atoms with E-state index < -0.39 is 20.0 Å². The van der Waals surface area contributed by atoms with Gasteiger partial charge in [-0.2, -0.15) is 0 Å². The fraction of sp³-hybridized carbons (Fsp3) is 0.533. The first-order valence-corrected chi connectivity index (χ1v) is 10.2. The van der Waals surface area contributed by atoms with Crippen LogP contribution in [0.4, 0.5) is 4.79 Å². The minimum atomic E-state index is -1.61. The molecule has 1 amide bonds. The summed E-state index contributed by atoms with van der Waals surface area (Å²) in [6, 6.07) is 7.78. The van der Waals surface area contributed by atoms with E-state index in [1.807, 2.05) is 45.0 Å². The first-order chi connectivity index (χ1) is 9.05. The highest BCUT2D eigenvalue weighted by molar-refractivity contribution is 6.70. The summed E-state index contributed by atoms with van der Waals surface area (Å²) in [7, 11) is -1.61. The van der Waals surface area contributed by atoms with E-state index in [9.17, 15) is 4.79 Å². The zero-order valence-corrected chi connectivity index (χ0v) is 14.2. The van der Waals surface area contributed by atoms with Crippen molar-refractivity contribution in [2.45, 2.75) is 52.6 Å². The van der Waals surface area contributed by atoms with Gasteiger partial charge in [-0.25, -0.2) is 4.79 Å². The summed E-state index contributed by atoms with van der Waals surface area (Å²) in [6.07, 6.45) is -0.408. The van der Waals surface area contributed by atoms with Crippen LogP contribution < -0.4 is 9.74 Å². The summed E-state index contributed by atoms with van der Waals surface area (Å²) in [5, 5.41) is 2.74. The van der Waals surface area contributed by atoms with Crippen molar-refractivity contribution in [3.63, 3.8) is 0 Å². The Bertz CT molecular complexity index is 461. The van der Waals surface area contributed by atoms with Crippen LogP contribution in [0.5, 0.6) is 5.75 Å². The number of carbonyl (C=O) groups excluding carboxylic acids is 1. The summed E-state index contributed by atoms with van der Waals surface area (Å²) < 4.78 is 11.1. The molecule has 0 aromatic heterocycles. The average Bonchev–Trinajstić information content (AvgIpc) is 2.22. The Balaban J connectivity index is 2.57. The molecule has 20 heavy (non-hydrogen) atoms. The Morgan fingerprint density at radius 2 is 1.90 bits per heavy atom. The van der Waals surface area contributed by atoms with Gasteiger partial charge < -0.3 is 14.5 Å². The van der Waals surface area contributed by atoms with Crippen LogP contribution in [0, 0.1) is 0 Å². The highest BCUT2D eigenvalue weighted by atomic mass is 28.4. The van der Waals surface area contributed by atoms with Crippen molar-refractivity contribution >= 4 is 14.4 Å².